The molecule has 0 aliphatic heterocycles. The quantitative estimate of drug-likeness (QED) is 0.765. The summed E-state index contributed by atoms with van der Waals surface area (Å²) in [6, 6.07) is 7.55. The molecule has 1 heterocycles. The van der Waals surface area contributed by atoms with Crippen molar-refractivity contribution in [1.29, 1.82) is 0 Å². The zero-order valence-corrected chi connectivity index (χ0v) is 8.27. The molecule has 4 heteroatoms. The lowest BCUT2D eigenvalue weighted by atomic mass is 10.2. The third-order valence-electron chi connectivity index (χ3n) is 2.12. The van der Waals surface area contributed by atoms with E-state index in [4.69, 9.17) is 4.74 Å². The van der Waals surface area contributed by atoms with Crippen LogP contribution in [0.5, 0.6) is 5.75 Å². The first kappa shape index (κ1) is 9.71. The van der Waals surface area contributed by atoms with Crippen molar-refractivity contribution in [1.82, 2.24) is 9.78 Å². The number of nitrogens with zero attached hydrogens (tertiary/aromatic N) is 2. The molecule has 2 rings (SSSR count). The number of ether oxygens (including phenoxy) is 1. The first-order chi connectivity index (χ1) is 7.31. The summed E-state index contributed by atoms with van der Waals surface area (Å²) in [5.74, 6) is 0.246. The van der Waals surface area contributed by atoms with E-state index in [1.54, 1.807) is 23.0 Å². The largest absolute Gasteiger partial charge is 0.496 e. The van der Waals surface area contributed by atoms with Gasteiger partial charge in [0.25, 0.3) is 0 Å². The fourth-order valence-corrected chi connectivity index (χ4v) is 1.39. The van der Waals surface area contributed by atoms with Crippen LogP contribution in [0.1, 0.15) is 5.56 Å². The molecule has 0 spiro atoms. The number of aromatic nitrogens is 2. The van der Waals surface area contributed by atoms with Crippen molar-refractivity contribution in [2.24, 2.45) is 0 Å². The van der Waals surface area contributed by atoms with Crippen LogP contribution in [0, 0.1) is 11.9 Å². The van der Waals surface area contributed by atoms with E-state index in [1.165, 1.54) is 19.4 Å². The van der Waals surface area contributed by atoms with Crippen LogP contribution in [0.2, 0.25) is 0 Å². The molecule has 0 aliphatic rings. The van der Waals surface area contributed by atoms with E-state index in [2.05, 4.69) is 11.2 Å². The molecule has 0 N–H and O–H groups in total. The van der Waals surface area contributed by atoms with E-state index in [9.17, 15) is 4.39 Å². The average Bonchev–Trinajstić information content (AvgIpc) is 2.74. The highest BCUT2D eigenvalue weighted by atomic mass is 19.1. The standard InChI is InChI=1S/C11H10FN2O/c1-15-11-5-2-4-10(12)9(11)8-14-7-3-6-13-14/h2,4-7H,8H2,1H3. The van der Waals surface area contributed by atoms with Gasteiger partial charge in [0.1, 0.15) is 11.6 Å². The highest BCUT2D eigenvalue weighted by molar-refractivity contribution is 5.34. The van der Waals surface area contributed by atoms with Crippen LogP contribution in [-0.2, 0) is 6.54 Å². The molecule has 0 saturated carbocycles. The van der Waals surface area contributed by atoms with Crippen molar-refractivity contribution in [3.8, 4) is 5.75 Å². The lowest BCUT2D eigenvalue weighted by molar-refractivity contribution is 0.401. The number of hydrogen-bond acceptors (Lipinski definition) is 2. The van der Waals surface area contributed by atoms with E-state index < -0.39 is 0 Å². The Kier molecular flexibility index (Phi) is 2.67. The molecule has 0 unspecified atom stereocenters. The van der Waals surface area contributed by atoms with Crippen molar-refractivity contribution in [3.63, 3.8) is 0 Å². The second-order valence-electron chi connectivity index (χ2n) is 3.06. The van der Waals surface area contributed by atoms with Gasteiger partial charge in [-0.15, -0.1) is 0 Å². The Morgan fingerprint density at radius 3 is 3.07 bits per heavy atom. The summed E-state index contributed by atoms with van der Waals surface area (Å²) in [6.45, 7) is 0.347. The van der Waals surface area contributed by atoms with Crippen LogP contribution in [0.3, 0.4) is 0 Å². The molecule has 1 aromatic heterocycles. The minimum absolute atomic E-state index is 0.287. The van der Waals surface area contributed by atoms with Gasteiger partial charge in [0, 0.05) is 12.3 Å². The Balaban J connectivity index is 2.34. The highest BCUT2D eigenvalue weighted by Gasteiger charge is 2.09. The van der Waals surface area contributed by atoms with E-state index in [0.29, 0.717) is 17.9 Å². The fraction of sp³-hybridized carbons (Fsp3) is 0.182. The first-order valence-corrected chi connectivity index (χ1v) is 4.51. The second kappa shape index (κ2) is 4.13. The Morgan fingerprint density at radius 1 is 1.53 bits per heavy atom. The van der Waals surface area contributed by atoms with E-state index in [0.717, 1.165) is 0 Å². The van der Waals surface area contributed by atoms with Gasteiger partial charge >= 0.3 is 0 Å². The molecule has 0 saturated heterocycles. The Bertz CT molecular complexity index is 440. The normalized spacial score (nSPS) is 10.3. The third kappa shape index (κ3) is 1.98. The highest BCUT2D eigenvalue weighted by Crippen LogP contribution is 2.21. The molecule has 0 fully saturated rings. The number of methoxy groups -OCH3 is 1. The number of hydrogen-bond donors (Lipinski definition) is 0. The summed E-state index contributed by atoms with van der Waals surface area (Å²) in [5, 5.41) is 3.97. The molecule has 1 radical (unpaired) electrons. The van der Waals surface area contributed by atoms with Crippen molar-refractivity contribution in [2.75, 3.05) is 7.11 Å². The van der Waals surface area contributed by atoms with Gasteiger partial charge < -0.3 is 4.74 Å². The van der Waals surface area contributed by atoms with Crippen molar-refractivity contribution in [3.05, 3.63) is 48.0 Å². The van der Waals surface area contributed by atoms with Crippen LogP contribution in [0.15, 0.2) is 30.6 Å². The second-order valence-corrected chi connectivity index (χ2v) is 3.06. The number of benzene rings is 1. The van der Waals surface area contributed by atoms with Gasteiger partial charge in [-0.3, -0.25) is 4.68 Å². The molecule has 77 valence electrons. The molecule has 1 aromatic carbocycles. The van der Waals surface area contributed by atoms with Gasteiger partial charge in [0.2, 0.25) is 0 Å². The number of rotatable bonds is 3. The monoisotopic (exact) mass is 205 g/mol. The Morgan fingerprint density at radius 2 is 2.40 bits per heavy atom. The van der Waals surface area contributed by atoms with Crippen molar-refractivity contribution < 1.29 is 9.13 Å². The van der Waals surface area contributed by atoms with Gasteiger partial charge in [0.15, 0.2) is 0 Å². The van der Waals surface area contributed by atoms with Crippen molar-refractivity contribution >= 4 is 0 Å². The number of halogens is 1. The zero-order valence-electron chi connectivity index (χ0n) is 8.27. The molecule has 2 aromatic rings. The molecule has 15 heavy (non-hydrogen) atoms. The minimum atomic E-state index is -0.287. The predicted molar refractivity (Wildman–Crippen MR) is 53.1 cm³/mol. The molecule has 0 amide bonds. The van der Waals surface area contributed by atoms with Crippen LogP contribution in [-0.4, -0.2) is 16.9 Å². The minimum Gasteiger partial charge on any atom is -0.496 e. The van der Waals surface area contributed by atoms with Gasteiger partial charge in [-0.1, -0.05) is 6.07 Å². The van der Waals surface area contributed by atoms with Crippen LogP contribution < -0.4 is 4.74 Å². The molecule has 0 atom stereocenters. The lowest BCUT2D eigenvalue weighted by Gasteiger charge is -2.09. The fourth-order valence-electron chi connectivity index (χ4n) is 1.39. The topological polar surface area (TPSA) is 27.1 Å². The van der Waals surface area contributed by atoms with Gasteiger partial charge in [-0.2, -0.15) is 5.10 Å². The van der Waals surface area contributed by atoms with Crippen LogP contribution in [0.4, 0.5) is 4.39 Å². The molecule has 3 nitrogen and oxygen atoms in total. The maximum Gasteiger partial charge on any atom is 0.131 e. The summed E-state index contributed by atoms with van der Waals surface area (Å²) in [6.07, 6.45) is 3.19. The van der Waals surface area contributed by atoms with Gasteiger partial charge in [-0.25, -0.2) is 4.39 Å². The van der Waals surface area contributed by atoms with Gasteiger partial charge in [-0.05, 0) is 12.1 Å². The maximum atomic E-state index is 13.5. The molecular weight excluding hydrogens is 195 g/mol. The SMILES string of the molecule is COc1cccc(F)c1Cn1c[c]cn1. The van der Waals surface area contributed by atoms with E-state index >= 15 is 0 Å². The summed E-state index contributed by atoms with van der Waals surface area (Å²) >= 11 is 0. The summed E-state index contributed by atoms with van der Waals surface area (Å²) < 4.78 is 20.2. The van der Waals surface area contributed by atoms with Gasteiger partial charge in [0.05, 0.1) is 25.4 Å². The predicted octanol–water partition coefficient (Wildman–Crippen LogP) is 1.88. The molecular formula is C11H10FN2O. The van der Waals surface area contributed by atoms with Crippen LogP contribution in [0.25, 0.3) is 0 Å². The van der Waals surface area contributed by atoms with Crippen molar-refractivity contribution in [2.45, 2.75) is 6.54 Å². The first-order valence-electron chi connectivity index (χ1n) is 4.51. The maximum absolute atomic E-state index is 13.5. The van der Waals surface area contributed by atoms with Crippen LogP contribution >= 0.6 is 0 Å². The zero-order chi connectivity index (χ0) is 10.7. The summed E-state index contributed by atoms with van der Waals surface area (Å²) in [5.41, 5.74) is 0.497. The summed E-state index contributed by atoms with van der Waals surface area (Å²) in [4.78, 5) is 0. The van der Waals surface area contributed by atoms with E-state index in [1.807, 2.05) is 0 Å². The lowest BCUT2D eigenvalue weighted by Crippen LogP contribution is -2.04. The van der Waals surface area contributed by atoms with E-state index in [-0.39, 0.29) is 5.82 Å². The Hall–Kier alpha value is -1.84. The molecule has 0 aliphatic carbocycles. The summed E-state index contributed by atoms with van der Waals surface area (Å²) in [7, 11) is 1.52. The third-order valence-corrected chi connectivity index (χ3v) is 2.12. The Labute approximate surface area is 87.1 Å². The average molecular weight is 205 g/mol. The smallest absolute Gasteiger partial charge is 0.131 e. The molecule has 0 bridgehead atoms.